The van der Waals surface area contributed by atoms with Crippen LogP contribution in [0.2, 0.25) is 0 Å². The molecule has 0 N–H and O–H groups in total. The first-order chi connectivity index (χ1) is 8.93. The van der Waals surface area contributed by atoms with Gasteiger partial charge >= 0.3 is 0 Å². The van der Waals surface area contributed by atoms with Crippen LogP contribution in [0.4, 0.5) is 0 Å². The SMILES string of the molecule is C(=N[C@@H]1CCCc2ccccc21)c1ccccn1. The van der Waals surface area contributed by atoms with Gasteiger partial charge in [-0.3, -0.25) is 9.98 Å². The van der Waals surface area contributed by atoms with E-state index < -0.39 is 0 Å². The van der Waals surface area contributed by atoms with E-state index in [1.54, 1.807) is 6.20 Å². The van der Waals surface area contributed by atoms with E-state index in [1.165, 1.54) is 24.0 Å². The topological polar surface area (TPSA) is 25.2 Å². The van der Waals surface area contributed by atoms with E-state index in [1.807, 2.05) is 24.4 Å². The van der Waals surface area contributed by atoms with E-state index >= 15 is 0 Å². The van der Waals surface area contributed by atoms with Gasteiger partial charge in [-0.05, 0) is 42.5 Å². The number of pyridine rings is 1. The molecule has 0 fully saturated rings. The summed E-state index contributed by atoms with van der Waals surface area (Å²) in [6.07, 6.45) is 7.25. The molecule has 0 aliphatic heterocycles. The fraction of sp³-hybridized carbons (Fsp3) is 0.250. The lowest BCUT2D eigenvalue weighted by Crippen LogP contribution is -2.08. The van der Waals surface area contributed by atoms with Crippen LogP contribution in [0.1, 0.15) is 35.7 Å². The highest BCUT2D eigenvalue weighted by atomic mass is 14.8. The quantitative estimate of drug-likeness (QED) is 0.732. The summed E-state index contributed by atoms with van der Waals surface area (Å²) in [4.78, 5) is 8.98. The minimum absolute atomic E-state index is 0.303. The normalized spacial score (nSPS) is 18.8. The summed E-state index contributed by atoms with van der Waals surface area (Å²) in [5.41, 5.74) is 3.77. The van der Waals surface area contributed by atoms with Gasteiger partial charge in [0.05, 0.1) is 11.7 Å². The van der Waals surface area contributed by atoms with Crippen molar-refractivity contribution in [3.05, 3.63) is 65.5 Å². The third-order valence-electron chi connectivity index (χ3n) is 3.41. The molecule has 1 atom stereocenters. The molecule has 1 heterocycles. The van der Waals surface area contributed by atoms with Gasteiger partial charge in [0.15, 0.2) is 0 Å². The smallest absolute Gasteiger partial charge is 0.0808 e. The Hall–Kier alpha value is -1.96. The highest BCUT2D eigenvalue weighted by Gasteiger charge is 2.17. The minimum atomic E-state index is 0.303. The Balaban J connectivity index is 1.85. The first kappa shape index (κ1) is 11.1. The summed E-state index contributed by atoms with van der Waals surface area (Å²) in [6, 6.07) is 14.8. The van der Waals surface area contributed by atoms with Gasteiger partial charge in [-0.25, -0.2) is 0 Å². The van der Waals surface area contributed by atoms with Gasteiger partial charge in [-0.2, -0.15) is 0 Å². The summed E-state index contributed by atoms with van der Waals surface area (Å²) in [5.74, 6) is 0. The van der Waals surface area contributed by atoms with Crippen molar-refractivity contribution in [1.82, 2.24) is 4.98 Å². The molecule has 1 aliphatic rings. The fourth-order valence-corrected chi connectivity index (χ4v) is 2.50. The molecule has 1 aliphatic carbocycles. The molecule has 0 radical (unpaired) electrons. The second-order valence-corrected chi connectivity index (χ2v) is 4.64. The second-order valence-electron chi connectivity index (χ2n) is 4.64. The van der Waals surface area contributed by atoms with Crippen LogP contribution in [-0.4, -0.2) is 11.2 Å². The molecular weight excluding hydrogens is 220 g/mol. The standard InChI is InChI=1S/C16H16N2/c1-2-9-15-13(6-1)7-5-10-16(15)18-12-14-8-3-4-11-17-14/h1-4,6,8-9,11-12,16H,5,7,10H2/t16-/m1/s1. The van der Waals surface area contributed by atoms with E-state index in [9.17, 15) is 0 Å². The maximum atomic E-state index is 4.71. The van der Waals surface area contributed by atoms with Crippen molar-refractivity contribution in [1.29, 1.82) is 0 Å². The van der Waals surface area contributed by atoms with Crippen LogP contribution in [0, 0.1) is 0 Å². The number of aryl methyl sites for hydroxylation is 1. The number of hydrogen-bond donors (Lipinski definition) is 0. The highest BCUT2D eigenvalue weighted by Crippen LogP contribution is 2.32. The lowest BCUT2D eigenvalue weighted by molar-refractivity contribution is 0.574. The molecule has 2 heteroatoms. The van der Waals surface area contributed by atoms with Crippen molar-refractivity contribution in [2.45, 2.75) is 25.3 Å². The fourth-order valence-electron chi connectivity index (χ4n) is 2.50. The molecule has 2 nitrogen and oxygen atoms in total. The predicted molar refractivity (Wildman–Crippen MR) is 74.0 cm³/mol. The number of nitrogens with zero attached hydrogens (tertiary/aromatic N) is 2. The Labute approximate surface area is 107 Å². The van der Waals surface area contributed by atoms with Crippen LogP contribution in [-0.2, 0) is 6.42 Å². The third-order valence-corrected chi connectivity index (χ3v) is 3.41. The number of aromatic nitrogens is 1. The summed E-state index contributed by atoms with van der Waals surface area (Å²) >= 11 is 0. The van der Waals surface area contributed by atoms with Crippen molar-refractivity contribution in [2.24, 2.45) is 4.99 Å². The zero-order valence-electron chi connectivity index (χ0n) is 10.3. The monoisotopic (exact) mass is 236 g/mol. The van der Waals surface area contributed by atoms with Crippen LogP contribution >= 0.6 is 0 Å². The second kappa shape index (κ2) is 5.13. The van der Waals surface area contributed by atoms with Gasteiger partial charge in [0.2, 0.25) is 0 Å². The van der Waals surface area contributed by atoms with Gasteiger partial charge in [0.1, 0.15) is 0 Å². The molecule has 2 aromatic rings. The van der Waals surface area contributed by atoms with Crippen molar-refractivity contribution >= 4 is 6.21 Å². The Morgan fingerprint density at radius 3 is 2.89 bits per heavy atom. The highest BCUT2D eigenvalue weighted by molar-refractivity contribution is 5.77. The number of benzene rings is 1. The maximum absolute atomic E-state index is 4.71. The zero-order valence-corrected chi connectivity index (χ0v) is 10.3. The maximum Gasteiger partial charge on any atom is 0.0808 e. The third kappa shape index (κ3) is 2.33. The lowest BCUT2D eigenvalue weighted by Gasteiger charge is -2.22. The molecule has 3 rings (SSSR count). The van der Waals surface area contributed by atoms with Gasteiger partial charge in [-0.15, -0.1) is 0 Å². The van der Waals surface area contributed by atoms with Crippen LogP contribution in [0.3, 0.4) is 0 Å². The van der Waals surface area contributed by atoms with Crippen LogP contribution < -0.4 is 0 Å². The van der Waals surface area contributed by atoms with Crippen molar-refractivity contribution in [3.8, 4) is 0 Å². The Kier molecular flexibility index (Phi) is 3.18. The van der Waals surface area contributed by atoms with Gasteiger partial charge in [0.25, 0.3) is 0 Å². The van der Waals surface area contributed by atoms with Crippen molar-refractivity contribution in [3.63, 3.8) is 0 Å². The summed E-state index contributed by atoms with van der Waals surface area (Å²) in [6.45, 7) is 0. The van der Waals surface area contributed by atoms with E-state index in [-0.39, 0.29) is 0 Å². The molecule has 0 saturated carbocycles. The van der Waals surface area contributed by atoms with Gasteiger partial charge in [-0.1, -0.05) is 30.3 Å². The zero-order chi connectivity index (χ0) is 12.2. The summed E-state index contributed by atoms with van der Waals surface area (Å²) in [7, 11) is 0. The molecule has 1 aromatic heterocycles. The van der Waals surface area contributed by atoms with Gasteiger partial charge < -0.3 is 0 Å². The average molecular weight is 236 g/mol. The average Bonchev–Trinajstić information content (AvgIpc) is 2.46. The Morgan fingerprint density at radius 1 is 1.11 bits per heavy atom. The first-order valence-electron chi connectivity index (χ1n) is 6.45. The molecular formula is C16H16N2. The van der Waals surface area contributed by atoms with Crippen LogP contribution in [0.15, 0.2) is 53.7 Å². The molecule has 1 aromatic carbocycles. The van der Waals surface area contributed by atoms with Crippen LogP contribution in [0.5, 0.6) is 0 Å². The minimum Gasteiger partial charge on any atom is -0.283 e. The molecule has 0 amide bonds. The van der Waals surface area contributed by atoms with Crippen molar-refractivity contribution in [2.75, 3.05) is 0 Å². The number of aliphatic imine (C=N–C) groups is 1. The largest absolute Gasteiger partial charge is 0.283 e. The van der Waals surface area contributed by atoms with E-state index in [0.29, 0.717) is 6.04 Å². The lowest BCUT2D eigenvalue weighted by atomic mass is 9.88. The summed E-state index contributed by atoms with van der Waals surface area (Å²) in [5, 5.41) is 0. The van der Waals surface area contributed by atoms with E-state index in [4.69, 9.17) is 4.99 Å². The number of fused-ring (bicyclic) bond motifs is 1. The Bertz CT molecular complexity index is 546. The van der Waals surface area contributed by atoms with Gasteiger partial charge in [0, 0.05) is 12.4 Å². The first-order valence-corrected chi connectivity index (χ1v) is 6.45. The summed E-state index contributed by atoms with van der Waals surface area (Å²) < 4.78 is 0. The molecule has 0 unspecified atom stereocenters. The van der Waals surface area contributed by atoms with Crippen LogP contribution in [0.25, 0.3) is 0 Å². The van der Waals surface area contributed by atoms with E-state index in [0.717, 1.165) is 12.1 Å². The van der Waals surface area contributed by atoms with Crippen molar-refractivity contribution < 1.29 is 0 Å². The molecule has 0 spiro atoms. The van der Waals surface area contributed by atoms with E-state index in [2.05, 4.69) is 29.2 Å². The molecule has 0 bridgehead atoms. The predicted octanol–water partition coefficient (Wildman–Crippen LogP) is 3.58. The molecule has 0 saturated heterocycles. The Morgan fingerprint density at radius 2 is 2.00 bits per heavy atom. The number of hydrogen-bond acceptors (Lipinski definition) is 2. The molecule has 18 heavy (non-hydrogen) atoms. The molecule has 90 valence electrons. The number of rotatable bonds is 2.